The van der Waals surface area contributed by atoms with E-state index >= 15 is 0 Å². The van der Waals surface area contributed by atoms with Gasteiger partial charge >= 0.3 is 0 Å². The number of aromatic nitrogens is 2. The van der Waals surface area contributed by atoms with E-state index in [1.165, 1.54) is 18.5 Å². The van der Waals surface area contributed by atoms with E-state index < -0.39 is 0 Å². The highest BCUT2D eigenvalue weighted by Gasteiger charge is 2.43. The molecule has 15 heavy (non-hydrogen) atoms. The van der Waals surface area contributed by atoms with Crippen LogP contribution < -0.4 is 11.1 Å². The largest absolute Gasteiger partial charge is 0.320 e. The van der Waals surface area contributed by atoms with Crippen LogP contribution in [0.3, 0.4) is 0 Å². The van der Waals surface area contributed by atoms with Crippen LogP contribution in [0.15, 0.2) is 12.3 Å². The molecule has 1 aliphatic heterocycles. The van der Waals surface area contributed by atoms with Gasteiger partial charge in [-0.15, -0.1) is 0 Å². The molecule has 0 aromatic carbocycles. The summed E-state index contributed by atoms with van der Waals surface area (Å²) in [6.07, 6.45) is 6.47. The molecule has 3 rings (SSSR count). The fourth-order valence-corrected chi connectivity index (χ4v) is 2.44. The van der Waals surface area contributed by atoms with E-state index in [0.717, 1.165) is 25.9 Å². The average molecular weight is 206 g/mol. The SMILES string of the molecule is NC1(c2ccnn2C2CCNCC2)CC1. The van der Waals surface area contributed by atoms with Gasteiger partial charge in [-0.2, -0.15) is 5.10 Å². The van der Waals surface area contributed by atoms with Crippen molar-refractivity contribution in [3.8, 4) is 0 Å². The zero-order valence-electron chi connectivity index (χ0n) is 8.95. The van der Waals surface area contributed by atoms with Gasteiger partial charge in [0, 0.05) is 6.20 Å². The van der Waals surface area contributed by atoms with Gasteiger partial charge in [0.05, 0.1) is 17.3 Å². The maximum atomic E-state index is 6.24. The number of rotatable bonds is 2. The Labute approximate surface area is 89.8 Å². The second-order valence-corrected chi connectivity index (χ2v) is 4.80. The predicted molar refractivity (Wildman–Crippen MR) is 58.5 cm³/mol. The fourth-order valence-electron chi connectivity index (χ4n) is 2.44. The summed E-state index contributed by atoms with van der Waals surface area (Å²) < 4.78 is 2.17. The van der Waals surface area contributed by atoms with E-state index in [2.05, 4.69) is 21.2 Å². The molecule has 1 aromatic heterocycles. The summed E-state index contributed by atoms with van der Waals surface area (Å²) >= 11 is 0. The molecule has 2 aliphatic rings. The van der Waals surface area contributed by atoms with Crippen LogP contribution >= 0.6 is 0 Å². The van der Waals surface area contributed by atoms with Crippen molar-refractivity contribution in [2.24, 2.45) is 5.73 Å². The number of nitrogens with zero attached hydrogens (tertiary/aromatic N) is 2. The van der Waals surface area contributed by atoms with Gasteiger partial charge in [0.2, 0.25) is 0 Å². The average Bonchev–Trinajstić information content (AvgIpc) is 2.85. The van der Waals surface area contributed by atoms with Gasteiger partial charge < -0.3 is 11.1 Å². The first-order valence-corrected chi connectivity index (χ1v) is 5.83. The molecular formula is C11H18N4. The number of piperidine rings is 1. The van der Waals surface area contributed by atoms with Gasteiger partial charge in [0.25, 0.3) is 0 Å². The van der Waals surface area contributed by atoms with Crippen molar-refractivity contribution < 1.29 is 0 Å². The van der Waals surface area contributed by atoms with Crippen LogP contribution in [-0.4, -0.2) is 22.9 Å². The van der Waals surface area contributed by atoms with Crippen molar-refractivity contribution in [3.05, 3.63) is 18.0 Å². The Kier molecular flexibility index (Phi) is 2.07. The summed E-state index contributed by atoms with van der Waals surface area (Å²) in [6, 6.07) is 2.65. The Balaban J connectivity index is 1.87. The van der Waals surface area contributed by atoms with Crippen LogP contribution in [0.25, 0.3) is 0 Å². The van der Waals surface area contributed by atoms with E-state index in [9.17, 15) is 0 Å². The van der Waals surface area contributed by atoms with E-state index in [0.29, 0.717) is 6.04 Å². The minimum Gasteiger partial charge on any atom is -0.320 e. The highest BCUT2D eigenvalue weighted by atomic mass is 15.3. The molecule has 2 heterocycles. The molecule has 0 atom stereocenters. The zero-order chi connectivity index (χ0) is 10.3. The Morgan fingerprint density at radius 1 is 1.40 bits per heavy atom. The van der Waals surface area contributed by atoms with Gasteiger partial charge in [0.15, 0.2) is 0 Å². The van der Waals surface area contributed by atoms with Crippen LogP contribution in [0, 0.1) is 0 Å². The van der Waals surface area contributed by atoms with Crippen molar-refractivity contribution in [2.45, 2.75) is 37.3 Å². The first-order valence-electron chi connectivity index (χ1n) is 5.83. The molecule has 3 N–H and O–H groups in total. The van der Waals surface area contributed by atoms with Gasteiger partial charge in [0.1, 0.15) is 0 Å². The van der Waals surface area contributed by atoms with Crippen molar-refractivity contribution in [2.75, 3.05) is 13.1 Å². The van der Waals surface area contributed by atoms with Crippen LogP contribution in [0.1, 0.15) is 37.4 Å². The van der Waals surface area contributed by atoms with E-state index in [1.54, 1.807) is 0 Å². The molecule has 0 bridgehead atoms. The van der Waals surface area contributed by atoms with Crippen LogP contribution in [0.4, 0.5) is 0 Å². The number of nitrogens with one attached hydrogen (secondary N) is 1. The lowest BCUT2D eigenvalue weighted by Gasteiger charge is -2.26. The molecular weight excluding hydrogens is 188 g/mol. The minimum absolute atomic E-state index is 0.0542. The number of hydrogen-bond acceptors (Lipinski definition) is 3. The topological polar surface area (TPSA) is 55.9 Å². The van der Waals surface area contributed by atoms with Gasteiger partial charge in [-0.25, -0.2) is 0 Å². The van der Waals surface area contributed by atoms with Crippen molar-refractivity contribution in [3.63, 3.8) is 0 Å². The zero-order valence-corrected chi connectivity index (χ0v) is 8.95. The quantitative estimate of drug-likeness (QED) is 0.751. The monoisotopic (exact) mass is 206 g/mol. The second kappa shape index (κ2) is 3.32. The summed E-state index contributed by atoms with van der Waals surface area (Å²) in [4.78, 5) is 0. The lowest BCUT2D eigenvalue weighted by Crippen LogP contribution is -2.33. The molecule has 0 radical (unpaired) electrons. The third-order valence-corrected chi connectivity index (χ3v) is 3.62. The van der Waals surface area contributed by atoms with E-state index in [4.69, 9.17) is 5.73 Å². The Morgan fingerprint density at radius 2 is 2.13 bits per heavy atom. The molecule has 1 saturated carbocycles. The highest BCUT2D eigenvalue weighted by molar-refractivity contribution is 5.22. The summed E-state index contributed by atoms with van der Waals surface area (Å²) in [5, 5.41) is 7.83. The normalized spacial score (nSPS) is 25.4. The Morgan fingerprint density at radius 3 is 2.80 bits per heavy atom. The van der Waals surface area contributed by atoms with Crippen LogP contribution in [0.2, 0.25) is 0 Å². The third kappa shape index (κ3) is 1.58. The highest BCUT2D eigenvalue weighted by Crippen LogP contribution is 2.43. The Bertz CT molecular complexity index is 347. The van der Waals surface area contributed by atoms with Crippen molar-refractivity contribution >= 4 is 0 Å². The first-order chi connectivity index (χ1) is 7.30. The minimum atomic E-state index is -0.0542. The van der Waals surface area contributed by atoms with Crippen molar-refractivity contribution in [1.82, 2.24) is 15.1 Å². The van der Waals surface area contributed by atoms with Gasteiger partial charge in [-0.3, -0.25) is 4.68 Å². The summed E-state index contributed by atoms with van der Waals surface area (Å²) in [5.74, 6) is 0. The predicted octanol–water partition coefficient (Wildman–Crippen LogP) is 0.755. The molecule has 1 saturated heterocycles. The first kappa shape index (κ1) is 9.36. The number of hydrogen-bond donors (Lipinski definition) is 2. The molecule has 4 heteroatoms. The molecule has 4 nitrogen and oxygen atoms in total. The van der Waals surface area contributed by atoms with E-state index in [1.807, 2.05) is 6.20 Å². The Hall–Kier alpha value is -0.870. The maximum Gasteiger partial charge on any atom is 0.0586 e. The standard InChI is InChI=1S/C11H18N4/c12-11(4-5-11)10-3-8-14-15(10)9-1-6-13-7-2-9/h3,8-9,13H,1-2,4-7,12H2. The summed E-state index contributed by atoms with van der Waals surface area (Å²) in [6.45, 7) is 2.20. The van der Waals surface area contributed by atoms with Gasteiger partial charge in [-0.05, 0) is 44.8 Å². The molecule has 0 amide bonds. The molecule has 1 aromatic rings. The second-order valence-electron chi connectivity index (χ2n) is 4.80. The smallest absolute Gasteiger partial charge is 0.0586 e. The molecule has 0 spiro atoms. The molecule has 2 fully saturated rings. The fraction of sp³-hybridized carbons (Fsp3) is 0.727. The number of nitrogens with two attached hydrogens (primary N) is 1. The van der Waals surface area contributed by atoms with Crippen LogP contribution in [0.5, 0.6) is 0 Å². The van der Waals surface area contributed by atoms with Crippen LogP contribution in [-0.2, 0) is 5.54 Å². The van der Waals surface area contributed by atoms with Gasteiger partial charge in [-0.1, -0.05) is 0 Å². The lowest BCUT2D eigenvalue weighted by molar-refractivity contribution is 0.328. The lowest BCUT2D eigenvalue weighted by atomic mass is 10.1. The molecule has 82 valence electrons. The summed E-state index contributed by atoms with van der Waals surface area (Å²) in [5.41, 5.74) is 7.43. The summed E-state index contributed by atoms with van der Waals surface area (Å²) in [7, 11) is 0. The maximum absolute atomic E-state index is 6.24. The third-order valence-electron chi connectivity index (χ3n) is 3.62. The van der Waals surface area contributed by atoms with Crippen molar-refractivity contribution in [1.29, 1.82) is 0 Å². The molecule has 1 aliphatic carbocycles. The van der Waals surface area contributed by atoms with E-state index in [-0.39, 0.29) is 5.54 Å². The molecule has 0 unspecified atom stereocenters.